The first-order valence-corrected chi connectivity index (χ1v) is 13.6. The number of hydrogen-bond donors (Lipinski definition) is 0. The number of aryl methyl sites for hydroxylation is 1. The second-order valence-corrected chi connectivity index (χ2v) is 11.7. The van der Waals surface area contributed by atoms with Crippen molar-refractivity contribution in [3.05, 3.63) is 42.4 Å². The van der Waals surface area contributed by atoms with Crippen LogP contribution in [0.5, 0.6) is 5.75 Å². The van der Waals surface area contributed by atoms with Crippen LogP contribution in [-0.4, -0.2) is 77.0 Å². The standard InChI is InChI=1S/C24H29F5N4O4S/c1-31-16-21(30-17-31)38(35,36)33-14-12-32(13-15-33)22(8-10-23(25,26)11-9-22)7-6-19(34)18-4-2-3-5-20(18)37-24(27,28)29/h2-5,16-17H,6-15H2,1H3. The molecule has 0 amide bonds. The molecule has 8 nitrogen and oxygen atoms in total. The van der Waals surface area contributed by atoms with Crippen LogP contribution in [-0.2, 0) is 17.1 Å². The van der Waals surface area contributed by atoms with Crippen LogP contribution in [0.3, 0.4) is 0 Å². The van der Waals surface area contributed by atoms with Crippen molar-refractivity contribution >= 4 is 15.8 Å². The van der Waals surface area contributed by atoms with Crippen molar-refractivity contribution in [2.45, 2.75) is 61.4 Å². The molecule has 0 unspecified atom stereocenters. The van der Waals surface area contributed by atoms with Gasteiger partial charge in [0.2, 0.25) is 5.92 Å². The number of carbonyl (C=O) groups is 1. The highest BCUT2D eigenvalue weighted by molar-refractivity contribution is 7.89. The molecule has 0 bridgehead atoms. The fourth-order valence-corrected chi connectivity index (χ4v) is 6.64. The van der Waals surface area contributed by atoms with Gasteiger partial charge in [0, 0.05) is 64.2 Å². The second-order valence-electron chi connectivity index (χ2n) is 9.82. The van der Waals surface area contributed by atoms with E-state index in [-0.39, 0.29) is 75.3 Å². The number of sulfonamides is 1. The van der Waals surface area contributed by atoms with E-state index in [2.05, 4.69) is 9.72 Å². The van der Waals surface area contributed by atoms with Gasteiger partial charge in [0.05, 0.1) is 11.9 Å². The van der Waals surface area contributed by atoms with Crippen LogP contribution < -0.4 is 4.74 Å². The number of ether oxygens (including phenoxy) is 1. The topological polar surface area (TPSA) is 84.7 Å². The Hall–Kier alpha value is -2.58. The summed E-state index contributed by atoms with van der Waals surface area (Å²) in [4.78, 5) is 18.9. The molecule has 2 aromatic rings. The number of para-hydroxylation sites is 1. The molecule has 2 heterocycles. The van der Waals surface area contributed by atoms with Crippen LogP contribution in [0, 0.1) is 0 Å². The lowest BCUT2D eigenvalue weighted by Gasteiger charge is -2.50. The van der Waals surface area contributed by atoms with Gasteiger partial charge in [-0.2, -0.15) is 4.31 Å². The molecule has 1 aromatic heterocycles. The maximum atomic E-state index is 14.1. The minimum atomic E-state index is -4.97. The van der Waals surface area contributed by atoms with Gasteiger partial charge in [-0.1, -0.05) is 12.1 Å². The first kappa shape index (κ1) is 28.4. The molecule has 0 radical (unpaired) electrons. The quantitative estimate of drug-likeness (QED) is 0.353. The van der Waals surface area contributed by atoms with Crippen molar-refractivity contribution in [1.29, 1.82) is 0 Å². The minimum absolute atomic E-state index is 0.0780. The number of halogens is 5. The van der Waals surface area contributed by atoms with Gasteiger partial charge in [0.15, 0.2) is 10.8 Å². The highest BCUT2D eigenvalue weighted by atomic mass is 32.2. The Morgan fingerprint density at radius 2 is 1.68 bits per heavy atom. The van der Waals surface area contributed by atoms with E-state index in [9.17, 15) is 35.2 Å². The number of benzene rings is 1. The van der Waals surface area contributed by atoms with Crippen molar-refractivity contribution < 1.29 is 39.9 Å². The summed E-state index contributed by atoms with van der Waals surface area (Å²) in [6.45, 7) is 0.764. The maximum absolute atomic E-state index is 14.1. The van der Waals surface area contributed by atoms with E-state index in [1.807, 2.05) is 4.90 Å². The van der Waals surface area contributed by atoms with Crippen LogP contribution in [0.2, 0.25) is 0 Å². The Kier molecular flexibility index (Phi) is 7.88. The lowest BCUT2D eigenvalue weighted by molar-refractivity contribution is -0.274. The average Bonchev–Trinajstić information content (AvgIpc) is 3.30. The van der Waals surface area contributed by atoms with Gasteiger partial charge >= 0.3 is 6.36 Å². The minimum Gasteiger partial charge on any atom is -0.405 e. The van der Waals surface area contributed by atoms with E-state index >= 15 is 0 Å². The van der Waals surface area contributed by atoms with Gasteiger partial charge < -0.3 is 9.30 Å². The summed E-state index contributed by atoms with van der Waals surface area (Å²) in [6, 6.07) is 5.04. The van der Waals surface area contributed by atoms with Crippen molar-refractivity contribution in [3.63, 3.8) is 0 Å². The van der Waals surface area contributed by atoms with E-state index in [0.717, 1.165) is 6.07 Å². The van der Waals surface area contributed by atoms with Gasteiger partial charge in [0.1, 0.15) is 5.75 Å². The largest absolute Gasteiger partial charge is 0.573 e. The Morgan fingerprint density at radius 3 is 2.26 bits per heavy atom. The van der Waals surface area contributed by atoms with Crippen LogP contribution in [0.15, 0.2) is 41.8 Å². The van der Waals surface area contributed by atoms with E-state index in [4.69, 9.17) is 0 Å². The normalized spacial score (nSPS) is 20.8. The molecule has 2 fully saturated rings. The monoisotopic (exact) mass is 564 g/mol. The molecular weight excluding hydrogens is 535 g/mol. The predicted molar refractivity (Wildman–Crippen MR) is 126 cm³/mol. The van der Waals surface area contributed by atoms with Crippen LogP contribution in [0.25, 0.3) is 0 Å². The van der Waals surface area contributed by atoms with Crippen LogP contribution in [0.4, 0.5) is 22.0 Å². The number of alkyl halides is 5. The molecule has 1 saturated carbocycles. The summed E-state index contributed by atoms with van der Waals surface area (Å²) in [6.07, 6.45) is -2.81. The van der Waals surface area contributed by atoms with E-state index in [1.54, 1.807) is 7.05 Å². The Bertz CT molecular complexity index is 1250. The third kappa shape index (κ3) is 6.34. The maximum Gasteiger partial charge on any atom is 0.573 e. The highest BCUT2D eigenvalue weighted by Crippen LogP contribution is 2.45. The number of hydrogen-bond acceptors (Lipinski definition) is 6. The summed E-state index contributed by atoms with van der Waals surface area (Å²) in [5.74, 6) is -4.04. The number of nitrogens with zero attached hydrogens (tertiary/aromatic N) is 4. The zero-order valence-corrected chi connectivity index (χ0v) is 21.6. The van der Waals surface area contributed by atoms with Crippen molar-refractivity contribution in [2.24, 2.45) is 7.05 Å². The first-order valence-electron chi connectivity index (χ1n) is 12.2. The fraction of sp³-hybridized carbons (Fsp3) is 0.583. The molecule has 2 aliphatic rings. The van der Waals surface area contributed by atoms with Gasteiger partial charge in [-0.25, -0.2) is 22.2 Å². The Morgan fingerprint density at radius 1 is 1.05 bits per heavy atom. The molecule has 210 valence electrons. The Labute approximate surface area is 217 Å². The average molecular weight is 565 g/mol. The number of carbonyl (C=O) groups excluding carboxylic acids is 1. The lowest BCUT2D eigenvalue weighted by Crippen LogP contribution is -2.59. The molecule has 0 atom stereocenters. The second kappa shape index (κ2) is 10.5. The number of aromatic nitrogens is 2. The summed E-state index contributed by atoms with van der Waals surface area (Å²) < 4.78 is 99.3. The predicted octanol–water partition coefficient (Wildman–Crippen LogP) is 4.24. The SMILES string of the molecule is Cn1cnc(S(=O)(=O)N2CCN(C3(CCC(=O)c4ccccc4OC(F)(F)F)CCC(F)(F)CC3)CC2)c1. The third-order valence-corrected chi connectivity index (χ3v) is 9.12. The zero-order chi connectivity index (χ0) is 27.8. The third-order valence-electron chi connectivity index (χ3n) is 7.34. The van der Waals surface area contributed by atoms with Gasteiger partial charge in [-0.15, -0.1) is 13.2 Å². The summed E-state index contributed by atoms with van der Waals surface area (Å²) in [5, 5.41) is -0.0780. The number of rotatable bonds is 8. The number of piperazine rings is 1. The van der Waals surface area contributed by atoms with E-state index in [1.165, 1.54) is 39.6 Å². The number of Topliss-reactive ketones (excluding diaryl/α,β-unsaturated/α-hetero) is 1. The van der Waals surface area contributed by atoms with Gasteiger partial charge in [-0.3, -0.25) is 9.69 Å². The Balaban J connectivity index is 1.48. The molecule has 4 rings (SSSR count). The molecule has 0 spiro atoms. The van der Waals surface area contributed by atoms with E-state index in [0.29, 0.717) is 0 Å². The van der Waals surface area contributed by atoms with E-state index < -0.39 is 39.4 Å². The highest BCUT2D eigenvalue weighted by Gasteiger charge is 2.48. The van der Waals surface area contributed by atoms with Gasteiger partial charge in [0.25, 0.3) is 10.0 Å². The summed E-state index contributed by atoms with van der Waals surface area (Å²) >= 11 is 0. The fourth-order valence-electron chi connectivity index (χ4n) is 5.25. The molecular formula is C24H29F5N4O4S. The first-order chi connectivity index (χ1) is 17.7. The molecule has 1 aromatic carbocycles. The zero-order valence-electron chi connectivity index (χ0n) is 20.8. The molecule has 1 aliphatic heterocycles. The lowest BCUT2D eigenvalue weighted by atomic mass is 9.74. The summed E-state index contributed by atoms with van der Waals surface area (Å²) in [7, 11) is -2.17. The van der Waals surface area contributed by atoms with Crippen molar-refractivity contribution in [2.75, 3.05) is 26.2 Å². The smallest absolute Gasteiger partial charge is 0.405 e. The molecule has 0 N–H and O–H groups in total. The van der Waals surface area contributed by atoms with Crippen molar-refractivity contribution in [1.82, 2.24) is 18.8 Å². The van der Waals surface area contributed by atoms with Crippen LogP contribution in [0.1, 0.15) is 48.9 Å². The molecule has 14 heteroatoms. The molecule has 1 aliphatic carbocycles. The molecule has 38 heavy (non-hydrogen) atoms. The number of ketones is 1. The van der Waals surface area contributed by atoms with Crippen LogP contribution >= 0.6 is 0 Å². The van der Waals surface area contributed by atoms with Gasteiger partial charge in [-0.05, 0) is 31.4 Å². The number of imidazole rings is 1. The molecule has 1 saturated heterocycles. The van der Waals surface area contributed by atoms with Crippen molar-refractivity contribution in [3.8, 4) is 5.75 Å². The summed E-state index contributed by atoms with van der Waals surface area (Å²) in [5.41, 5.74) is -1.04.